The number of anilines is 1. The van der Waals surface area contributed by atoms with Crippen molar-refractivity contribution in [3.63, 3.8) is 0 Å². The first-order chi connectivity index (χ1) is 8.20. The zero-order valence-corrected chi connectivity index (χ0v) is 10.9. The Labute approximate surface area is 110 Å². The molecule has 0 saturated carbocycles. The van der Waals surface area contributed by atoms with Gasteiger partial charge >= 0.3 is 0 Å². The van der Waals surface area contributed by atoms with Crippen LogP contribution in [0.15, 0.2) is 34.4 Å². The third kappa shape index (κ3) is 2.70. The van der Waals surface area contributed by atoms with Crippen molar-refractivity contribution >= 4 is 38.2 Å². The van der Waals surface area contributed by atoms with Crippen molar-refractivity contribution in [1.29, 1.82) is 5.26 Å². The summed E-state index contributed by atoms with van der Waals surface area (Å²) in [5.74, 6) is -0.274. The van der Waals surface area contributed by atoms with Gasteiger partial charge in [0.25, 0.3) is 5.91 Å². The Morgan fingerprint density at radius 1 is 1.47 bits per heavy atom. The zero-order chi connectivity index (χ0) is 12.3. The highest BCUT2D eigenvalue weighted by Gasteiger charge is 2.10. The quantitative estimate of drug-likeness (QED) is 0.867. The van der Waals surface area contributed by atoms with E-state index in [0.717, 1.165) is 0 Å². The van der Waals surface area contributed by atoms with Crippen LogP contribution in [0, 0.1) is 11.3 Å². The van der Waals surface area contributed by atoms with Crippen LogP contribution in [-0.4, -0.2) is 10.9 Å². The van der Waals surface area contributed by atoms with E-state index < -0.39 is 0 Å². The largest absolute Gasteiger partial charge is 0.312 e. The molecule has 0 unspecified atom stereocenters. The van der Waals surface area contributed by atoms with Gasteiger partial charge in [0.15, 0.2) is 0 Å². The highest BCUT2D eigenvalue weighted by molar-refractivity contribution is 9.10. The van der Waals surface area contributed by atoms with Gasteiger partial charge in [-0.05, 0) is 39.5 Å². The number of nitrogens with one attached hydrogen (secondary N) is 1. The van der Waals surface area contributed by atoms with E-state index in [9.17, 15) is 4.79 Å². The van der Waals surface area contributed by atoms with Crippen molar-refractivity contribution in [3.8, 4) is 6.07 Å². The molecule has 17 heavy (non-hydrogen) atoms. The highest BCUT2D eigenvalue weighted by Crippen LogP contribution is 2.22. The number of halogens is 1. The van der Waals surface area contributed by atoms with Crippen molar-refractivity contribution in [2.45, 2.75) is 0 Å². The van der Waals surface area contributed by atoms with Crippen LogP contribution < -0.4 is 5.32 Å². The normalized spacial score (nSPS) is 9.65. The fourth-order valence-electron chi connectivity index (χ4n) is 1.18. The Balaban J connectivity index is 2.18. The molecule has 6 heteroatoms. The Hall–Kier alpha value is -1.71. The van der Waals surface area contributed by atoms with Crippen LogP contribution in [0.3, 0.4) is 0 Å². The fourth-order valence-corrected chi connectivity index (χ4v) is 2.15. The SMILES string of the molecule is N#Cc1ccsc1NC(=O)c1ccc(Br)nc1. The number of nitriles is 1. The number of carbonyl (C=O) groups is 1. The van der Waals surface area contributed by atoms with Crippen molar-refractivity contribution in [3.05, 3.63) is 45.5 Å². The maximum Gasteiger partial charge on any atom is 0.257 e. The second-order valence-electron chi connectivity index (χ2n) is 3.10. The van der Waals surface area contributed by atoms with Gasteiger partial charge in [-0.1, -0.05) is 0 Å². The molecule has 1 N–H and O–H groups in total. The topological polar surface area (TPSA) is 65.8 Å². The minimum atomic E-state index is -0.274. The molecule has 2 rings (SSSR count). The third-order valence-electron chi connectivity index (χ3n) is 2.00. The first kappa shape index (κ1) is 11.8. The molecule has 2 aromatic rings. The van der Waals surface area contributed by atoms with Crippen molar-refractivity contribution in [2.75, 3.05) is 5.32 Å². The Bertz CT molecular complexity index is 586. The van der Waals surface area contributed by atoms with Crippen LogP contribution in [0.5, 0.6) is 0 Å². The van der Waals surface area contributed by atoms with E-state index in [1.54, 1.807) is 23.6 Å². The predicted octanol–water partition coefficient (Wildman–Crippen LogP) is 3.03. The van der Waals surface area contributed by atoms with Crippen LogP contribution in [0.1, 0.15) is 15.9 Å². The number of rotatable bonds is 2. The molecule has 2 aromatic heterocycles. The molecule has 0 aliphatic rings. The molecule has 0 spiro atoms. The number of nitrogens with zero attached hydrogens (tertiary/aromatic N) is 2. The van der Waals surface area contributed by atoms with Crippen molar-refractivity contribution in [2.24, 2.45) is 0 Å². The average Bonchev–Trinajstić information content (AvgIpc) is 2.77. The minimum Gasteiger partial charge on any atom is -0.312 e. The molecule has 0 aromatic carbocycles. The number of amides is 1. The maximum atomic E-state index is 11.8. The predicted molar refractivity (Wildman–Crippen MR) is 68.9 cm³/mol. The molecule has 0 aliphatic carbocycles. The molecule has 2 heterocycles. The van der Waals surface area contributed by atoms with Gasteiger partial charge in [-0.25, -0.2) is 4.98 Å². The van der Waals surface area contributed by atoms with Crippen molar-refractivity contribution < 1.29 is 4.79 Å². The van der Waals surface area contributed by atoms with E-state index in [-0.39, 0.29) is 5.91 Å². The average molecular weight is 308 g/mol. The molecular weight excluding hydrogens is 302 g/mol. The maximum absolute atomic E-state index is 11.8. The molecule has 0 atom stereocenters. The Morgan fingerprint density at radius 2 is 2.29 bits per heavy atom. The summed E-state index contributed by atoms with van der Waals surface area (Å²) in [7, 11) is 0. The number of carbonyl (C=O) groups excluding carboxylic acids is 1. The Kier molecular flexibility index (Phi) is 3.52. The molecule has 0 radical (unpaired) electrons. The smallest absolute Gasteiger partial charge is 0.257 e. The van der Waals surface area contributed by atoms with Crippen LogP contribution in [0.4, 0.5) is 5.00 Å². The van der Waals surface area contributed by atoms with Gasteiger partial charge in [0, 0.05) is 6.20 Å². The molecular formula is C11H6BrN3OS. The highest BCUT2D eigenvalue weighted by atomic mass is 79.9. The van der Waals surface area contributed by atoms with E-state index in [2.05, 4.69) is 26.2 Å². The fraction of sp³-hybridized carbons (Fsp3) is 0. The summed E-state index contributed by atoms with van der Waals surface area (Å²) in [6, 6.07) is 7.03. The number of hydrogen-bond acceptors (Lipinski definition) is 4. The monoisotopic (exact) mass is 307 g/mol. The van der Waals surface area contributed by atoms with Gasteiger partial charge in [0.05, 0.1) is 11.1 Å². The van der Waals surface area contributed by atoms with E-state index in [0.29, 0.717) is 20.7 Å². The van der Waals surface area contributed by atoms with Gasteiger partial charge in [-0.2, -0.15) is 5.26 Å². The summed E-state index contributed by atoms with van der Waals surface area (Å²) in [4.78, 5) is 15.8. The number of aromatic nitrogens is 1. The second kappa shape index (κ2) is 5.08. The van der Waals surface area contributed by atoms with Gasteiger partial charge in [-0.15, -0.1) is 11.3 Å². The molecule has 0 saturated heterocycles. The number of hydrogen-bond donors (Lipinski definition) is 1. The van der Waals surface area contributed by atoms with Crippen molar-refractivity contribution in [1.82, 2.24) is 4.98 Å². The van der Waals surface area contributed by atoms with E-state index >= 15 is 0 Å². The molecule has 0 aliphatic heterocycles. The summed E-state index contributed by atoms with van der Waals surface area (Å²) >= 11 is 4.51. The summed E-state index contributed by atoms with van der Waals surface area (Å²) < 4.78 is 0.669. The number of thiophene rings is 1. The second-order valence-corrected chi connectivity index (χ2v) is 4.83. The van der Waals surface area contributed by atoms with E-state index in [4.69, 9.17) is 5.26 Å². The van der Waals surface area contributed by atoms with E-state index in [1.807, 2.05) is 6.07 Å². The first-order valence-corrected chi connectivity index (χ1v) is 6.28. The van der Waals surface area contributed by atoms with E-state index in [1.165, 1.54) is 17.5 Å². The van der Waals surface area contributed by atoms with Crippen LogP contribution in [-0.2, 0) is 0 Å². The molecule has 0 bridgehead atoms. The number of pyridine rings is 1. The first-order valence-electron chi connectivity index (χ1n) is 4.61. The molecule has 84 valence electrons. The zero-order valence-electron chi connectivity index (χ0n) is 8.48. The molecule has 1 amide bonds. The van der Waals surface area contributed by atoms with Gasteiger partial charge in [-0.3, -0.25) is 4.79 Å². The lowest BCUT2D eigenvalue weighted by molar-refractivity contribution is 0.102. The molecule has 4 nitrogen and oxygen atoms in total. The lowest BCUT2D eigenvalue weighted by Gasteiger charge is -2.02. The van der Waals surface area contributed by atoms with Crippen LogP contribution >= 0.6 is 27.3 Å². The lowest BCUT2D eigenvalue weighted by atomic mass is 10.2. The lowest BCUT2D eigenvalue weighted by Crippen LogP contribution is -2.11. The summed E-state index contributed by atoms with van der Waals surface area (Å²) in [6.07, 6.45) is 1.47. The standard InChI is InChI=1S/C11H6BrN3OS/c12-9-2-1-8(6-14-9)10(16)15-11-7(5-13)3-4-17-11/h1-4,6H,(H,15,16). The minimum absolute atomic E-state index is 0.274. The van der Waals surface area contributed by atoms with Gasteiger partial charge in [0.2, 0.25) is 0 Å². The van der Waals surface area contributed by atoms with Gasteiger partial charge in [0.1, 0.15) is 15.7 Å². The van der Waals surface area contributed by atoms with Crippen LogP contribution in [0.25, 0.3) is 0 Å². The third-order valence-corrected chi connectivity index (χ3v) is 3.30. The van der Waals surface area contributed by atoms with Crippen LogP contribution in [0.2, 0.25) is 0 Å². The summed E-state index contributed by atoms with van der Waals surface area (Å²) in [5.41, 5.74) is 0.916. The summed E-state index contributed by atoms with van der Waals surface area (Å²) in [5, 5.41) is 13.8. The van der Waals surface area contributed by atoms with Gasteiger partial charge < -0.3 is 5.32 Å². The Morgan fingerprint density at radius 3 is 2.94 bits per heavy atom. The summed E-state index contributed by atoms with van der Waals surface area (Å²) in [6.45, 7) is 0. The molecule has 0 fully saturated rings.